The topological polar surface area (TPSA) is 86.7 Å². The third-order valence-corrected chi connectivity index (χ3v) is 5.39. The number of rotatable bonds is 12. The summed E-state index contributed by atoms with van der Waals surface area (Å²) in [7, 11) is 0. The summed E-state index contributed by atoms with van der Waals surface area (Å²) in [4.78, 5) is 59.4. The van der Waals surface area contributed by atoms with E-state index in [0.29, 0.717) is 0 Å². The molecule has 0 N–H and O–H groups in total. The van der Waals surface area contributed by atoms with Gasteiger partial charge in [0.15, 0.2) is 0 Å². The van der Waals surface area contributed by atoms with Crippen LogP contribution in [0.2, 0.25) is 0 Å². The van der Waals surface area contributed by atoms with Gasteiger partial charge in [-0.05, 0) is 48.3 Å². The van der Waals surface area contributed by atoms with Gasteiger partial charge in [0.2, 0.25) is 0 Å². The highest BCUT2D eigenvalue weighted by Crippen LogP contribution is 2.28. The highest BCUT2D eigenvalue weighted by atomic mass is 17.2. The maximum atomic E-state index is 12.6. The van der Waals surface area contributed by atoms with Crippen LogP contribution in [0, 0.1) is 34.5 Å². The first kappa shape index (κ1) is 30.3. The minimum absolute atomic E-state index is 0.0868. The Morgan fingerprint density at radius 1 is 0.625 bits per heavy atom. The zero-order chi connectivity index (χ0) is 25.3. The Balaban J connectivity index is 4.85. The van der Waals surface area contributed by atoms with Crippen molar-refractivity contribution in [1.82, 2.24) is 0 Å². The molecule has 6 heteroatoms. The van der Waals surface area contributed by atoms with Crippen LogP contribution in [0.4, 0.5) is 0 Å². The normalized spacial score (nSPS) is 15.9. The van der Waals surface area contributed by atoms with E-state index in [1.54, 1.807) is 13.8 Å². The van der Waals surface area contributed by atoms with Gasteiger partial charge >= 0.3 is 11.9 Å². The molecule has 0 aliphatic rings. The molecule has 0 aliphatic heterocycles. The lowest BCUT2D eigenvalue weighted by Crippen LogP contribution is -2.31. The van der Waals surface area contributed by atoms with Crippen LogP contribution in [-0.4, -0.2) is 23.5 Å². The van der Waals surface area contributed by atoms with E-state index in [1.807, 2.05) is 13.8 Å². The second-order valence-electron chi connectivity index (χ2n) is 11.8. The van der Waals surface area contributed by atoms with E-state index in [4.69, 9.17) is 9.78 Å². The van der Waals surface area contributed by atoms with E-state index < -0.39 is 23.8 Å². The fourth-order valence-corrected chi connectivity index (χ4v) is 4.46. The van der Waals surface area contributed by atoms with Crippen LogP contribution in [0.25, 0.3) is 0 Å². The summed E-state index contributed by atoms with van der Waals surface area (Å²) in [5, 5.41) is 0. The molecule has 0 heterocycles. The van der Waals surface area contributed by atoms with Crippen molar-refractivity contribution in [2.45, 2.75) is 108 Å². The van der Waals surface area contributed by atoms with Crippen molar-refractivity contribution in [3.63, 3.8) is 0 Å². The molecular weight excluding hydrogens is 408 g/mol. The first-order valence-corrected chi connectivity index (χ1v) is 12.0. The van der Waals surface area contributed by atoms with Gasteiger partial charge < -0.3 is 0 Å². The summed E-state index contributed by atoms with van der Waals surface area (Å²) in [6.07, 6.45) is 2.76. The first-order valence-electron chi connectivity index (χ1n) is 12.0. The quantitative estimate of drug-likeness (QED) is 0.201. The van der Waals surface area contributed by atoms with Gasteiger partial charge in [0.05, 0.1) is 0 Å². The maximum absolute atomic E-state index is 12.6. The van der Waals surface area contributed by atoms with Crippen molar-refractivity contribution in [3.05, 3.63) is 0 Å². The number of hydrogen-bond donors (Lipinski definition) is 0. The predicted octanol–water partition coefficient (Wildman–Crippen LogP) is 6.10. The lowest BCUT2D eigenvalue weighted by molar-refractivity contribution is -0.264. The Kier molecular flexibility index (Phi) is 12.4. The van der Waals surface area contributed by atoms with E-state index in [0.717, 1.165) is 12.8 Å². The van der Waals surface area contributed by atoms with Crippen LogP contribution in [0.1, 0.15) is 108 Å². The van der Waals surface area contributed by atoms with Gasteiger partial charge in [-0.25, -0.2) is 19.4 Å². The fourth-order valence-electron chi connectivity index (χ4n) is 4.46. The highest BCUT2D eigenvalue weighted by molar-refractivity contribution is 6.00. The molecule has 4 unspecified atom stereocenters. The van der Waals surface area contributed by atoms with Crippen LogP contribution in [0.15, 0.2) is 0 Å². The van der Waals surface area contributed by atoms with Crippen molar-refractivity contribution >= 4 is 23.5 Å². The Labute approximate surface area is 195 Å². The van der Waals surface area contributed by atoms with Gasteiger partial charge in [-0.2, -0.15) is 0 Å². The predicted molar refractivity (Wildman–Crippen MR) is 125 cm³/mol. The summed E-state index contributed by atoms with van der Waals surface area (Å²) in [5.41, 5.74) is 0.174. The molecule has 0 saturated heterocycles. The summed E-state index contributed by atoms with van der Waals surface area (Å²) in [6.45, 7) is 20.0. The number of carbonyl (C=O) groups is 4. The molecule has 0 aromatic heterocycles. The molecule has 32 heavy (non-hydrogen) atoms. The van der Waals surface area contributed by atoms with Crippen molar-refractivity contribution in [1.29, 1.82) is 0 Å². The molecule has 0 bridgehead atoms. The van der Waals surface area contributed by atoms with Gasteiger partial charge in [-0.15, -0.1) is 0 Å². The average molecular weight is 455 g/mol. The van der Waals surface area contributed by atoms with Crippen molar-refractivity contribution in [2.75, 3.05) is 0 Å². The summed E-state index contributed by atoms with van der Waals surface area (Å²) < 4.78 is 0. The van der Waals surface area contributed by atoms with Crippen molar-refractivity contribution < 1.29 is 29.0 Å². The zero-order valence-corrected chi connectivity index (χ0v) is 22.0. The third kappa shape index (κ3) is 12.4. The van der Waals surface area contributed by atoms with Crippen LogP contribution >= 0.6 is 0 Å². The molecule has 0 aliphatic carbocycles. The number of carbonyl (C=O) groups excluding carboxylic acids is 4. The SMILES string of the molecule is CCC(C(=O)CC(C)CC(C)(C)C)C(=O)OOC(=O)C(CC)C(=O)CC(C)CC(C)(C)C. The minimum Gasteiger partial charge on any atom is -0.299 e. The van der Waals surface area contributed by atoms with E-state index in [9.17, 15) is 19.2 Å². The van der Waals surface area contributed by atoms with E-state index >= 15 is 0 Å². The van der Waals surface area contributed by atoms with Gasteiger partial charge in [0.25, 0.3) is 0 Å². The molecule has 0 aromatic carbocycles. The van der Waals surface area contributed by atoms with Gasteiger partial charge in [0.1, 0.15) is 23.4 Å². The molecular formula is C26H46O6. The molecule has 0 amide bonds. The van der Waals surface area contributed by atoms with Crippen LogP contribution in [-0.2, 0) is 29.0 Å². The molecule has 0 spiro atoms. The Bertz CT molecular complexity index is 582. The monoisotopic (exact) mass is 454 g/mol. The van der Waals surface area contributed by atoms with Gasteiger partial charge in [-0.1, -0.05) is 69.2 Å². The second-order valence-corrected chi connectivity index (χ2v) is 11.8. The molecule has 0 radical (unpaired) electrons. The van der Waals surface area contributed by atoms with Gasteiger partial charge in [0, 0.05) is 12.8 Å². The van der Waals surface area contributed by atoms with Crippen molar-refractivity contribution in [2.24, 2.45) is 34.5 Å². The lowest BCUT2D eigenvalue weighted by Gasteiger charge is -2.24. The fraction of sp³-hybridized carbons (Fsp3) is 0.846. The minimum atomic E-state index is -0.979. The molecule has 186 valence electrons. The molecule has 0 aromatic rings. The smallest absolute Gasteiger partial charge is 0.299 e. The van der Waals surface area contributed by atoms with Crippen LogP contribution in [0.3, 0.4) is 0 Å². The number of ketones is 2. The molecule has 0 fully saturated rings. The summed E-state index contributed by atoms with van der Waals surface area (Å²) in [6, 6.07) is 0. The molecule has 0 saturated carbocycles. The Morgan fingerprint density at radius 2 is 0.906 bits per heavy atom. The zero-order valence-electron chi connectivity index (χ0n) is 22.0. The average Bonchev–Trinajstić information content (AvgIpc) is 2.57. The summed E-state index contributed by atoms with van der Waals surface area (Å²) in [5.74, 6) is -3.89. The summed E-state index contributed by atoms with van der Waals surface area (Å²) >= 11 is 0. The molecule has 4 atom stereocenters. The van der Waals surface area contributed by atoms with Gasteiger partial charge in [-0.3, -0.25) is 9.59 Å². The van der Waals surface area contributed by atoms with E-state index in [1.165, 1.54) is 0 Å². The van der Waals surface area contributed by atoms with E-state index in [2.05, 4.69) is 41.5 Å². The first-order chi connectivity index (χ1) is 14.5. The second kappa shape index (κ2) is 13.1. The number of hydrogen-bond acceptors (Lipinski definition) is 6. The Hall–Kier alpha value is -1.72. The molecule has 0 rings (SSSR count). The highest BCUT2D eigenvalue weighted by Gasteiger charge is 2.33. The lowest BCUT2D eigenvalue weighted by atomic mass is 9.82. The van der Waals surface area contributed by atoms with Crippen LogP contribution in [0.5, 0.6) is 0 Å². The van der Waals surface area contributed by atoms with Crippen LogP contribution < -0.4 is 0 Å². The standard InChI is InChI=1S/C26H46O6/c1-11-19(21(27)13-17(3)15-25(5,6)7)23(29)31-32-24(30)20(12-2)22(28)14-18(4)16-26(8,9)10/h17-20H,11-16H2,1-10H3. The van der Waals surface area contributed by atoms with E-state index in [-0.39, 0.29) is 59.9 Å². The molecule has 6 nitrogen and oxygen atoms in total. The largest absolute Gasteiger partial charge is 0.365 e. The third-order valence-electron chi connectivity index (χ3n) is 5.39. The maximum Gasteiger partial charge on any atom is 0.365 e. The number of Topliss-reactive ketones (excluding diaryl/α,β-unsaturated/α-hetero) is 2. The van der Waals surface area contributed by atoms with Crippen molar-refractivity contribution in [3.8, 4) is 0 Å². The Morgan fingerprint density at radius 3 is 1.12 bits per heavy atom.